The van der Waals surface area contributed by atoms with Crippen LogP contribution in [-0.4, -0.2) is 29.2 Å². The van der Waals surface area contributed by atoms with Crippen molar-refractivity contribution in [3.63, 3.8) is 0 Å². The number of hydrogen-bond donors (Lipinski definition) is 3. The fraction of sp³-hybridized carbons (Fsp3) is 0.667. The molecule has 2 amide bonds. The van der Waals surface area contributed by atoms with E-state index in [4.69, 9.17) is 11.5 Å². The Labute approximate surface area is 102 Å². The van der Waals surface area contributed by atoms with Gasteiger partial charge in [-0.15, -0.1) is 6.42 Å². The Morgan fingerprint density at radius 3 is 2.24 bits per heavy atom. The lowest BCUT2D eigenvalue weighted by molar-refractivity contribution is -0.139. The summed E-state index contributed by atoms with van der Waals surface area (Å²) in [5.41, 5.74) is 0. The lowest BCUT2D eigenvalue weighted by Crippen LogP contribution is -2.48. The third kappa shape index (κ3) is 6.46. The quantitative estimate of drug-likeness (QED) is 0.588. The highest BCUT2D eigenvalue weighted by Gasteiger charge is 2.19. The van der Waals surface area contributed by atoms with E-state index < -0.39 is 18.0 Å². The summed E-state index contributed by atoms with van der Waals surface area (Å²) in [4.78, 5) is 22.3. The van der Waals surface area contributed by atoms with Gasteiger partial charge in [-0.25, -0.2) is 9.59 Å². The molecule has 5 nitrogen and oxygen atoms in total. The van der Waals surface area contributed by atoms with Gasteiger partial charge >= 0.3 is 12.0 Å². The number of aliphatic carboxylic acids is 1. The first-order valence-electron chi connectivity index (χ1n) is 5.81. The first-order valence-corrected chi connectivity index (χ1v) is 5.81. The molecule has 0 bridgehead atoms. The van der Waals surface area contributed by atoms with Crippen LogP contribution >= 0.6 is 0 Å². The summed E-state index contributed by atoms with van der Waals surface area (Å²) in [5.74, 6) is 1.42. The highest BCUT2D eigenvalue weighted by Crippen LogP contribution is 1.98. The van der Waals surface area contributed by atoms with E-state index in [-0.39, 0.29) is 6.04 Å². The van der Waals surface area contributed by atoms with Crippen molar-refractivity contribution >= 4 is 12.0 Å². The molecule has 0 aliphatic carbocycles. The van der Waals surface area contributed by atoms with Crippen LogP contribution in [0.15, 0.2) is 0 Å². The Morgan fingerprint density at radius 1 is 1.24 bits per heavy atom. The monoisotopic (exact) mass is 240 g/mol. The van der Waals surface area contributed by atoms with E-state index in [9.17, 15) is 9.59 Å². The molecule has 2 atom stereocenters. The molecule has 5 heteroatoms. The molecule has 0 spiro atoms. The molecule has 0 aliphatic rings. The molecule has 96 valence electrons. The highest BCUT2D eigenvalue weighted by atomic mass is 16.4. The van der Waals surface area contributed by atoms with Gasteiger partial charge in [0.05, 0.1) is 6.04 Å². The Kier molecular flexibility index (Phi) is 7.61. The van der Waals surface area contributed by atoms with Gasteiger partial charge in [0.15, 0.2) is 0 Å². The highest BCUT2D eigenvalue weighted by molar-refractivity contribution is 5.82. The maximum absolute atomic E-state index is 11.5. The van der Waals surface area contributed by atoms with E-state index in [0.717, 1.165) is 6.42 Å². The van der Waals surface area contributed by atoms with Gasteiger partial charge < -0.3 is 15.7 Å². The molecule has 1 unspecified atom stereocenters. The number of nitrogens with one attached hydrogen (secondary N) is 2. The topological polar surface area (TPSA) is 78.4 Å². The second kappa shape index (κ2) is 8.45. The molecular formula is C12H20N2O3. The SMILES string of the molecule is C#CC(CCC)NC(=O)N[C@@H](CCC)C(=O)O. The average molecular weight is 240 g/mol. The standard InChI is InChI=1S/C12H20N2O3/c1-4-7-9(6-3)13-12(17)14-10(8-5-2)11(15)16/h3,9-10H,4-5,7-8H2,1-2H3,(H,15,16)(H2,13,14,17)/t9?,10-/m0/s1. The van der Waals surface area contributed by atoms with E-state index in [1.54, 1.807) is 0 Å². The molecular weight excluding hydrogens is 220 g/mol. The summed E-state index contributed by atoms with van der Waals surface area (Å²) in [6.45, 7) is 3.82. The zero-order valence-electron chi connectivity index (χ0n) is 10.3. The predicted octanol–water partition coefficient (Wildman–Crippen LogP) is 1.34. The Hall–Kier alpha value is -1.70. The Bertz CT molecular complexity index is 297. The second-order valence-corrected chi connectivity index (χ2v) is 3.81. The Morgan fingerprint density at radius 2 is 1.82 bits per heavy atom. The van der Waals surface area contributed by atoms with Crippen molar-refractivity contribution in [1.82, 2.24) is 10.6 Å². The van der Waals surface area contributed by atoms with Crippen molar-refractivity contribution < 1.29 is 14.7 Å². The predicted molar refractivity (Wildman–Crippen MR) is 65.5 cm³/mol. The maximum Gasteiger partial charge on any atom is 0.326 e. The van der Waals surface area contributed by atoms with Crippen LogP contribution in [-0.2, 0) is 4.79 Å². The molecule has 17 heavy (non-hydrogen) atoms. The minimum atomic E-state index is -1.03. The number of rotatable bonds is 7. The van der Waals surface area contributed by atoms with Crippen molar-refractivity contribution in [1.29, 1.82) is 0 Å². The largest absolute Gasteiger partial charge is 0.480 e. The molecule has 0 aliphatic heterocycles. The molecule has 0 aromatic carbocycles. The molecule has 0 saturated heterocycles. The maximum atomic E-state index is 11.5. The number of carbonyl (C=O) groups excluding carboxylic acids is 1. The van der Waals surface area contributed by atoms with Crippen LogP contribution in [0.25, 0.3) is 0 Å². The third-order valence-electron chi connectivity index (χ3n) is 2.26. The van der Waals surface area contributed by atoms with Gasteiger partial charge in [-0.1, -0.05) is 32.6 Å². The van der Waals surface area contributed by atoms with E-state index in [1.807, 2.05) is 13.8 Å². The zero-order valence-corrected chi connectivity index (χ0v) is 10.3. The number of hydrogen-bond acceptors (Lipinski definition) is 2. The molecule has 0 aromatic heterocycles. The summed E-state index contributed by atoms with van der Waals surface area (Å²) < 4.78 is 0. The summed E-state index contributed by atoms with van der Waals surface area (Å²) in [6.07, 6.45) is 7.86. The lowest BCUT2D eigenvalue weighted by Gasteiger charge is -2.17. The fourth-order valence-electron chi connectivity index (χ4n) is 1.39. The first-order chi connectivity index (χ1) is 8.04. The van der Waals surface area contributed by atoms with Gasteiger partial charge in [0.2, 0.25) is 0 Å². The van der Waals surface area contributed by atoms with Crippen molar-refractivity contribution in [2.75, 3.05) is 0 Å². The second-order valence-electron chi connectivity index (χ2n) is 3.81. The number of carboxylic acid groups (broad SMARTS) is 1. The molecule has 0 heterocycles. The van der Waals surface area contributed by atoms with Crippen molar-refractivity contribution in [3.05, 3.63) is 0 Å². The van der Waals surface area contributed by atoms with Crippen LogP contribution in [0.3, 0.4) is 0 Å². The van der Waals surface area contributed by atoms with Crippen molar-refractivity contribution in [2.45, 2.75) is 51.6 Å². The van der Waals surface area contributed by atoms with Crippen molar-refractivity contribution in [2.24, 2.45) is 0 Å². The molecule has 3 N–H and O–H groups in total. The molecule has 0 aromatic rings. The van der Waals surface area contributed by atoms with Crippen molar-refractivity contribution in [3.8, 4) is 12.3 Å². The summed E-state index contributed by atoms with van der Waals surface area (Å²) >= 11 is 0. The first kappa shape index (κ1) is 15.3. The van der Waals surface area contributed by atoms with E-state index in [1.165, 1.54) is 0 Å². The molecule has 0 fully saturated rings. The lowest BCUT2D eigenvalue weighted by atomic mass is 10.1. The van der Waals surface area contributed by atoms with E-state index in [0.29, 0.717) is 19.3 Å². The fourth-order valence-corrected chi connectivity index (χ4v) is 1.39. The Balaban J connectivity index is 4.22. The van der Waals surface area contributed by atoms with Crippen LogP contribution in [0.5, 0.6) is 0 Å². The van der Waals surface area contributed by atoms with Gasteiger partial charge in [-0.3, -0.25) is 0 Å². The zero-order chi connectivity index (χ0) is 13.3. The smallest absolute Gasteiger partial charge is 0.326 e. The number of amides is 2. The van der Waals surface area contributed by atoms with Crippen LogP contribution < -0.4 is 10.6 Å². The third-order valence-corrected chi connectivity index (χ3v) is 2.26. The van der Waals surface area contributed by atoms with Gasteiger partial charge in [0.25, 0.3) is 0 Å². The van der Waals surface area contributed by atoms with Crippen LogP contribution in [0, 0.1) is 12.3 Å². The summed E-state index contributed by atoms with van der Waals surface area (Å²) in [5, 5.41) is 13.8. The van der Waals surface area contributed by atoms with Crippen LogP contribution in [0.2, 0.25) is 0 Å². The van der Waals surface area contributed by atoms with E-state index in [2.05, 4.69) is 16.6 Å². The molecule has 0 radical (unpaired) electrons. The van der Waals surface area contributed by atoms with Gasteiger partial charge in [-0.2, -0.15) is 0 Å². The van der Waals surface area contributed by atoms with Crippen LogP contribution in [0.1, 0.15) is 39.5 Å². The van der Waals surface area contributed by atoms with Crippen LogP contribution in [0.4, 0.5) is 4.79 Å². The minimum absolute atomic E-state index is 0.351. The minimum Gasteiger partial charge on any atom is -0.480 e. The number of terminal acetylenes is 1. The summed E-state index contributed by atoms with van der Waals surface area (Å²) in [7, 11) is 0. The normalized spacial score (nSPS) is 13.2. The molecule has 0 saturated carbocycles. The van der Waals surface area contributed by atoms with Gasteiger partial charge in [0.1, 0.15) is 6.04 Å². The number of carboxylic acids is 1. The number of carbonyl (C=O) groups is 2. The van der Waals surface area contributed by atoms with Gasteiger partial charge in [0, 0.05) is 0 Å². The average Bonchev–Trinajstić information content (AvgIpc) is 2.27. The summed E-state index contributed by atoms with van der Waals surface area (Å²) in [6, 6.07) is -1.74. The molecule has 0 rings (SSSR count). The number of urea groups is 1. The van der Waals surface area contributed by atoms with Gasteiger partial charge in [-0.05, 0) is 12.8 Å². The van der Waals surface area contributed by atoms with E-state index >= 15 is 0 Å².